The number of benzene rings is 1. The molecule has 1 atom stereocenters. The quantitative estimate of drug-likeness (QED) is 0.902. The molecule has 1 aliphatic rings. The minimum Gasteiger partial charge on any atom is -0.307 e. The normalized spacial score (nSPS) is 19.0. The maximum atomic E-state index is 4.78. The Morgan fingerprint density at radius 1 is 1.20 bits per heavy atom. The first kappa shape index (κ1) is 13.7. The van der Waals surface area contributed by atoms with Crippen molar-refractivity contribution in [3.05, 3.63) is 46.3 Å². The average Bonchev–Trinajstić information content (AvgIpc) is 2.48. The molecule has 1 unspecified atom stereocenters. The second-order valence-corrected chi connectivity index (χ2v) is 6.09. The molecule has 2 heterocycles. The topological polar surface area (TPSA) is 37.8 Å². The summed E-state index contributed by atoms with van der Waals surface area (Å²) in [6, 6.07) is 10.5. The molecule has 4 heteroatoms. The van der Waals surface area contributed by atoms with Crippen LogP contribution in [0.3, 0.4) is 0 Å². The lowest BCUT2D eigenvalue weighted by atomic mass is 10.0. The summed E-state index contributed by atoms with van der Waals surface area (Å²) in [5.74, 6) is 0.926. The molecule has 1 N–H and O–H groups in total. The number of aryl methyl sites for hydroxylation is 1. The Labute approximate surface area is 128 Å². The van der Waals surface area contributed by atoms with Crippen molar-refractivity contribution in [1.29, 1.82) is 0 Å². The van der Waals surface area contributed by atoms with E-state index in [0.29, 0.717) is 6.04 Å². The first-order valence-corrected chi connectivity index (χ1v) is 7.87. The lowest BCUT2D eigenvalue weighted by molar-refractivity contribution is 0.397. The van der Waals surface area contributed by atoms with Crippen molar-refractivity contribution in [2.24, 2.45) is 0 Å². The van der Waals surface area contributed by atoms with E-state index < -0.39 is 0 Å². The standard InChI is InChI=1S/C16H18BrN3/c1-11-10-15(12-6-2-3-7-13(12)17)20-16(19-11)14-8-4-5-9-18-14/h2-3,6-7,10,14,18H,4-5,8-9H2,1H3. The molecule has 2 aromatic rings. The predicted octanol–water partition coefficient (Wildman–Crippen LogP) is 4.03. The highest BCUT2D eigenvalue weighted by molar-refractivity contribution is 9.10. The SMILES string of the molecule is Cc1cc(-c2ccccc2Br)nc(C2CCCCN2)n1. The van der Waals surface area contributed by atoms with Crippen molar-refractivity contribution >= 4 is 15.9 Å². The molecule has 20 heavy (non-hydrogen) atoms. The fraction of sp³-hybridized carbons (Fsp3) is 0.375. The molecule has 1 aromatic heterocycles. The van der Waals surface area contributed by atoms with Gasteiger partial charge in [-0.25, -0.2) is 9.97 Å². The Morgan fingerprint density at radius 3 is 2.80 bits per heavy atom. The highest BCUT2D eigenvalue weighted by atomic mass is 79.9. The highest BCUT2D eigenvalue weighted by Crippen LogP contribution is 2.28. The van der Waals surface area contributed by atoms with Crippen LogP contribution in [0, 0.1) is 6.92 Å². The predicted molar refractivity (Wildman–Crippen MR) is 84.5 cm³/mol. The van der Waals surface area contributed by atoms with Crippen LogP contribution in [0.5, 0.6) is 0 Å². The van der Waals surface area contributed by atoms with Gasteiger partial charge in [-0.2, -0.15) is 0 Å². The largest absolute Gasteiger partial charge is 0.307 e. The zero-order valence-electron chi connectivity index (χ0n) is 11.6. The molecule has 1 aliphatic heterocycles. The van der Waals surface area contributed by atoms with Crippen LogP contribution in [0.1, 0.15) is 36.8 Å². The number of halogens is 1. The van der Waals surface area contributed by atoms with Gasteiger partial charge in [-0.3, -0.25) is 0 Å². The molecule has 0 aliphatic carbocycles. The molecule has 0 amide bonds. The van der Waals surface area contributed by atoms with Crippen molar-refractivity contribution in [1.82, 2.24) is 15.3 Å². The van der Waals surface area contributed by atoms with Gasteiger partial charge in [0.15, 0.2) is 0 Å². The van der Waals surface area contributed by atoms with Gasteiger partial charge < -0.3 is 5.32 Å². The molecule has 1 fully saturated rings. The van der Waals surface area contributed by atoms with Gasteiger partial charge >= 0.3 is 0 Å². The Kier molecular flexibility index (Phi) is 4.13. The van der Waals surface area contributed by atoms with Crippen LogP contribution in [0.25, 0.3) is 11.3 Å². The average molecular weight is 332 g/mol. The van der Waals surface area contributed by atoms with Gasteiger partial charge in [-0.1, -0.05) is 40.5 Å². The van der Waals surface area contributed by atoms with E-state index in [1.54, 1.807) is 0 Å². The van der Waals surface area contributed by atoms with Crippen molar-refractivity contribution in [3.63, 3.8) is 0 Å². The van der Waals surface area contributed by atoms with E-state index in [1.807, 2.05) is 31.2 Å². The van der Waals surface area contributed by atoms with Crippen LogP contribution in [0.15, 0.2) is 34.8 Å². The van der Waals surface area contributed by atoms with Gasteiger partial charge in [0.2, 0.25) is 0 Å². The molecule has 0 radical (unpaired) electrons. The fourth-order valence-corrected chi connectivity index (χ4v) is 3.11. The molecule has 0 bridgehead atoms. The van der Waals surface area contributed by atoms with Gasteiger partial charge in [-0.15, -0.1) is 0 Å². The maximum Gasteiger partial charge on any atom is 0.146 e. The van der Waals surface area contributed by atoms with E-state index in [4.69, 9.17) is 4.98 Å². The smallest absolute Gasteiger partial charge is 0.146 e. The van der Waals surface area contributed by atoms with Crippen LogP contribution in [-0.2, 0) is 0 Å². The number of rotatable bonds is 2. The Balaban J connectivity index is 2.00. The third-order valence-corrected chi connectivity index (χ3v) is 4.33. The first-order chi connectivity index (χ1) is 9.74. The van der Waals surface area contributed by atoms with E-state index in [9.17, 15) is 0 Å². The minimum absolute atomic E-state index is 0.296. The number of nitrogens with one attached hydrogen (secondary N) is 1. The number of nitrogens with zero attached hydrogens (tertiary/aromatic N) is 2. The van der Waals surface area contributed by atoms with Crippen molar-refractivity contribution < 1.29 is 0 Å². The van der Waals surface area contributed by atoms with Crippen molar-refractivity contribution in [2.45, 2.75) is 32.2 Å². The van der Waals surface area contributed by atoms with E-state index in [1.165, 1.54) is 12.8 Å². The van der Waals surface area contributed by atoms with Gasteiger partial charge in [0.25, 0.3) is 0 Å². The third kappa shape index (κ3) is 2.91. The van der Waals surface area contributed by atoms with E-state index in [0.717, 1.165) is 40.2 Å². The van der Waals surface area contributed by atoms with Crippen molar-refractivity contribution in [3.8, 4) is 11.3 Å². The van der Waals surface area contributed by atoms with Gasteiger partial charge in [-0.05, 0) is 38.4 Å². The number of piperidine rings is 1. The summed E-state index contributed by atoms with van der Waals surface area (Å²) in [5, 5.41) is 3.52. The lowest BCUT2D eigenvalue weighted by Crippen LogP contribution is -2.28. The fourth-order valence-electron chi connectivity index (χ4n) is 2.63. The zero-order valence-corrected chi connectivity index (χ0v) is 13.2. The Morgan fingerprint density at radius 2 is 2.05 bits per heavy atom. The maximum absolute atomic E-state index is 4.78. The molecule has 0 saturated carbocycles. The molecule has 1 aromatic carbocycles. The van der Waals surface area contributed by atoms with E-state index >= 15 is 0 Å². The lowest BCUT2D eigenvalue weighted by Gasteiger charge is -2.22. The third-order valence-electron chi connectivity index (χ3n) is 3.64. The summed E-state index contributed by atoms with van der Waals surface area (Å²) < 4.78 is 1.07. The first-order valence-electron chi connectivity index (χ1n) is 7.08. The summed E-state index contributed by atoms with van der Waals surface area (Å²) in [6.07, 6.45) is 3.62. The molecule has 104 valence electrons. The molecule has 0 spiro atoms. The second kappa shape index (κ2) is 6.02. The molecule has 3 nitrogen and oxygen atoms in total. The van der Waals surface area contributed by atoms with Gasteiger partial charge in [0, 0.05) is 15.7 Å². The molecular weight excluding hydrogens is 314 g/mol. The summed E-state index contributed by atoms with van der Waals surface area (Å²) in [4.78, 5) is 9.41. The Bertz CT molecular complexity index is 606. The summed E-state index contributed by atoms with van der Waals surface area (Å²) >= 11 is 3.60. The van der Waals surface area contributed by atoms with E-state index in [-0.39, 0.29) is 0 Å². The molecule has 3 rings (SSSR count). The highest BCUT2D eigenvalue weighted by Gasteiger charge is 2.18. The summed E-state index contributed by atoms with van der Waals surface area (Å²) in [6.45, 7) is 3.10. The zero-order chi connectivity index (χ0) is 13.9. The second-order valence-electron chi connectivity index (χ2n) is 5.24. The number of aromatic nitrogens is 2. The number of hydrogen-bond acceptors (Lipinski definition) is 3. The monoisotopic (exact) mass is 331 g/mol. The summed E-state index contributed by atoms with van der Waals surface area (Å²) in [5.41, 5.74) is 3.13. The van der Waals surface area contributed by atoms with Crippen LogP contribution >= 0.6 is 15.9 Å². The van der Waals surface area contributed by atoms with Gasteiger partial charge in [0.1, 0.15) is 5.82 Å². The van der Waals surface area contributed by atoms with Crippen LogP contribution in [-0.4, -0.2) is 16.5 Å². The van der Waals surface area contributed by atoms with Crippen molar-refractivity contribution in [2.75, 3.05) is 6.54 Å². The van der Waals surface area contributed by atoms with Gasteiger partial charge in [0.05, 0.1) is 11.7 Å². The molecule has 1 saturated heterocycles. The summed E-state index contributed by atoms with van der Waals surface area (Å²) in [7, 11) is 0. The Hall–Kier alpha value is -1.26. The number of hydrogen-bond donors (Lipinski definition) is 1. The van der Waals surface area contributed by atoms with Crippen LogP contribution in [0.2, 0.25) is 0 Å². The van der Waals surface area contributed by atoms with Crippen LogP contribution < -0.4 is 5.32 Å². The van der Waals surface area contributed by atoms with Crippen LogP contribution in [0.4, 0.5) is 0 Å². The van der Waals surface area contributed by atoms with E-state index in [2.05, 4.69) is 32.3 Å². The minimum atomic E-state index is 0.296. The molecular formula is C16H18BrN3.